The molecule has 0 radical (unpaired) electrons. The monoisotopic (exact) mass is 357 g/mol. The van der Waals surface area contributed by atoms with Crippen molar-refractivity contribution in [3.63, 3.8) is 0 Å². The first kappa shape index (κ1) is 18.5. The first-order valence-corrected chi connectivity index (χ1v) is 9.55. The predicted octanol–water partition coefficient (Wildman–Crippen LogP) is 2.49. The van der Waals surface area contributed by atoms with E-state index in [1.807, 2.05) is 18.2 Å². The summed E-state index contributed by atoms with van der Waals surface area (Å²) in [4.78, 5) is 20.4. The number of amides is 1. The normalized spacial score (nSPS) is 15.5. The standard InChI is InChI=1S/C19H27N5O2/c25-17(22-14-13-20-15-7-3-1-2-4-8-15)10-11-18-23-19(24-26-18)16-9-5-6-12-21-16/h5-6,9,12,15,20H,1-4,7-8,10-11,13-14H2,(H,22,25). The van der Waals surface area contributed by atoms with Gasteiger partial charge in [0.1, 0.15) is 5.69 Å². The molecule has 1 aliphatic carbocycles. The van der Waals surface area contributed by atoms with Crippen molar-refractivity contribution in [2.24, 2.45) is 0 Å². The van der Waals surface area contributed by atoms with Crippen LogP contribution in [0.1, 0.15) is 50.8 Å². The molecule has 2 aromatic rings. The molecule has 2 aromatic heterocycles. The molecule has 1 saturated carbocycles. The topological polar surface area (TPSA) is 92.9 Å². The Kier molecular flexibility index (Phi) is 7.13. The Labute approximate surface area is 154 Å². The van der Waals surface area contributed by atoms with Crippen LogP contribution in [0.3, 0.4) is 0 Å². The van der Waals surface area contributed by atoms with E-state index in [2.05, 4.69) is 25.8 Å². The fraction of sp³-hybridized carbons (Fsp3) is 0.579. The summed E-state index contributed by atoms with van der Waals surface area (Å²) in [5.74, 6) is 0.913. The number of carbonyl (C=O) groups excluding carboxylic acids is 1. The van der Waals surface area contributed by atoms with Crippen LogP contribution in [0.15, 0.2) is 28.9 Å². The Hall–Kier alpha value is -2.28. The predicted molar refractivity (Wildman–Crippen MR) is 98.4 cm³/mol. The van der Waals surface area contributed by atoms with Gasteiger partial charge in [0.25, 0.3) is 0 Å². The number of nitrogens with one attached hydrogen (secondary N) is 2. The summed E-state index contributed by atoms with van der Waals surface area (Å²) < 4.78 is 5.19. The average molecular weight is 357 g/mol. The zero-order valence-electron chi connectivity index (χ0n) is 15.1. The molecule has 26 heavy (non-hydrogen) atoms. The molecule has 0 spiro atoms. The van der Waals surface area contributed by atoms with E-state index in [9.17, 15) is 4.79 Å². The number of hydrogen-bond acceptors (Lipinski definition) is 6. The van der Waals surface area contributed by atoms with Crippen LogP contribution in [0.2, 0.25) is 0 Å². The molecule has 0 bridgehead atoms. The molecular formula is C19H27N5O2. The van der Waals surface area contributed by atoms with Crippen LogP contribution in [0.5, 0.6) is 0 Å². The van der Waals surface area contributed by atoms with Crippen LogP contribution in [-0.2, 0) is 11.2 Å². The molecule has 1 fully saturated rings. The number of nitrogens with zero attached hydrogens (tertiary/aromatic N) is 3. The van der Waals surface area contributed by atoms with E-state index in [0.717, 1.165) is 6.54 Å². The maximum absolute atomic E-state index is 12.0. The highest BCUT2D eigenvalue weighted by Gasteiger charge is 2.12. The quantitative estimate of drug-likeness (QED) is 0.557. The molecule has 1 amide bonds. The van der Waals surface area contributed by atoms with Crippen molar-refractivity contribution in [2.75, 3.05) is 13.1 Å². The first-order chi connectivity index (χ1) is 12.8. The summed E-state index contributed by atoms with van der Waals surface area (Å²) >= 11 is 0. The molecule has 2 N–H and O–H groups in total. The van der Waals surface area contributed by atoms with E-state index in [4.69, 9.17) is 4.52 Å². The zero-order valence-corrected chi connectivity index (χ0v) is 15.1. The van der Waals surface area contributed by atoms with E-state index >= 15 is 0 Å². The highest BCUT2D eigenvalue weighted by Crippen LogP contribution is 2.16. The lowest BCUT2D eigenvalue weighted by atomic mass is 10.1. The Morgan fingerprint density at radius 2 is 2.00 bits per heavy atom. The second kappa shape index (κ2) is 10.0. The molecule has 7 heteroatoms. The largest absolute Gasteiger partial charge is 0.355 e. The molecule has 1 aliphatic rings. The van der Waals surface area contributed by atoms with Crippen LogP contribution in [0.4, 0.5) is 0 Å². The van der Waals surface area contributed by atoms with Gasteiger partial charge in [-0.05, 0) is 25.0 Å². The van der Waals surface area contributed by atoms with Crippen LogP contribution < -0.4 is 10.6 Å². The van der Waals surface area contributed by atoms with Gasteiger partial charge in [0.15, 0.2) is 0 Å². The Bertz CT molecular complexity index is 666. The third-order valence-corrected chi connectivity index (χ3v) is 4.66. The summed E-state index contributed by atoms with van der Waals surface area (Å²) in [6, 6.07) is 6.13. The molecule has 140 valence electrons. The smallest absolute Gasteiger partial charge is 0.227 e. The van der Waals surface area contributed by atoms with Gasteiger partial charge in [0.2, 0.25) is 17.6 Å². The maximum Gasteiger partial charge on any atom is 0.227 e. The van der Waals surface area contributed by atoms with Crippen molar-refractivity contribution in [3.05, 3.63) is 30.3 Å². The van der Waals surface area contributed by atoms with Gasteiger partial charge in [-0.15, -0.1) is 0 Å². The van der Waals surface area contributed by atoms with Crippen LogP contribution in [-0.4, -0.2) is 40.2 Å². The minimum atomic E-state index is 0.00486. The number of aromatic nitrogens is 3. The average Bonchev–Trinajstić information content (AvgIpc) is 3.00. The summed E-state index contributed by atoms with van der Waals surface area (Å²) in [5, 5.41) is 10.4. The van der Waals surface area contributed by atoms with E-state index in [1.54, 1.807) is 6.20 Å². The fourth-order valence-electron chi connectivity index (χ4n) is 3.23. The lowest BCUT2D eigenvalue weighted by Crippen LogP contribution is -2.36. The van der Waals surface area contributed by atoms with Crippen molar-refractivity contribution in [1.82, 2.24) is 25.8 Å². The number of carbonyl (C=O) groups is 1. The second-order valence-corrected chi connectivity index (χ2v) is 6.72. The second-order valence-electron chi connectivity index (χ2n) is 6.72. The molecule has 0 saturated heterocycles. The summed E-state index contributed by atoms with van der Waals surface area (Å²) in [7, 11) is 0. The highest BCUT2D eigenvalue weighted by molar-refractivity contribution is 5.76. The van der Waals surface area contributed by atoms with E-state index < -0.39 is 0 Å². The molecule has 0 aromatic carbocycles. The van der Waals surface area contributed by atoms with Crippen LogP contribution >= 0.6 is 0 Å². The van der Waals surface area contributed by atoms with Crippen molar-refractivity contribution < 1.29 is 9.32 Å². The van der Waals surface area contributed by atoms with Crippen molar-refractivity contribution in [2.45, 2.75) is 57.4 Å². The van der Waals surface area contributed by atoms with Gasteiger partial charge in [0.05, 0.1) is 0 Å². The Morgan fingerprint density at radius 3 is 2.77 bits per heavy atom. The van der Waals surface area contributed by atoms with Crippen molar-refractivity contribution in [3.8, 4) is 11.5 Å². The van der Waals surface area contributed by atoms with Crippen LogP contribution in [0.25, 0.3) is 11.5 Å². The van der Waals surface area contributed by atoms with E-state index in [-0.39, 0.29) is 5.91 Å². The van der Waals surface area contributed by atoms with Gasteiger partial charge in [-0.2, -0.15) is 4.98 Å². The highest BCUT2D eigenvalue weighted by atomic mass is 16.5. The van der Waals surface area contributed by atoms with Crippen molar-refractivity contribution in [1.29, 1.82) is 0 Å². The lowest BCUT2D eigenvalue weighted by Gasteiger charge is -2.16. The van der Waals surface area contributed by atoms with E-state index in [0.29, 0.717) is 42.8 Å². The minimum absolute atomic E-state index is 0.00486. The summed E-state index contributed by atoms with van der Waals surface area (Å²) in [5.41, 5.74) is 0.663. The maximum atomic E-state index is 12.0. The molecule has 0 aliphatic heterocycles. The molecule has 0 unspecified atom stereocenters. The lowest BCUT2D eigenvalue weighted by molar-refractivity contribution is -0.121. The summed E-state index contributed by atoms with van der Waals surface area (Å²) in [6.45, 7) is 1.47. The van der Waals surface area contributed by atoms with E-state index in [1.165, 1.54) is 38.5 Å². The molecule has 3 rings (SSSR count). The molecule has 2 heterocycles. The molecule has 7 nitrogen and oxygen atoms in total. The number of rotatable bonds is 8. The zero-order chi connectivity index (χ0) is 18.0. The van der Waals surface area contributed by atoms with Gasteiger partial charge in [-0.25, -0.2) is 0 Å². The summed E-state index contributed by atoms with van der Waals surface area (Å²) in [6.07, 6.45) is 10.3. The third-order valence-electron chi connectivity index (χ3n) is 4.66. The van der Waals surface area contributed by atoms with Gasteiger partial charge in [0, 0.05) is 38.2 Å². The van der Waals surface area contributed by atoms with Crippen molar-refractivity contribution >= 4 is 5.91 Å². The Balaban J connectivity index is 1.32. The number of aryl methyl sites for hydroxylation is 1. The van der Waals surface area contributed by atoms with Gasteiger partial charge in [-0.3, -0.25) is 9.78 Å². The third kappa shape index (κ3) is 5.91. The van der Waals surface area contributed by atoms with Crippen LogP contribution in [0, 0.1) is 0 Å². The minimum Gasteiger partial charge on any atom is -0.355 e. The Morgan fingerprint density at radius 1 is 1.15 bits per heavy atom. The SMILES string of the molecule is O=C(CCc1nc(-c2ccccn2)no1)NCCNC1CCCCCC1. The molecule has 0 atom stereocenters. The number of pyridine rings is 1. The fourth-order valence-corrected chi connectivity index (χ4v) is 3.23. The van der Waals surface area contributed by atoms with Gasteiger partial charge in [-0.1, -0.05) is 36.9 Å². The first-order valence-electron chi connectivity index (χ1n) is 9.55. The molecular weight excluding hydrogens is 330 g/mol. The van der Waals surface area contributed by atoms with Gasteiger partial charge < -0.3 is 15.2 Å². The van der Waals surface area contributed by atoms with Gasteiger partial charge >= 0.3 is 0 Å². The number of hydrogen-bond donors (Lipinski definition) is 2.